The van der Waals surface area contributed by atoms with Gasteiger partial charge < -0.3 is 24.6 Å². The average Bonchev–Trinajstić information content (AvgIpc) is 2.69. The van der Waals surface area contributed by atoms with E-state index in [0.29, 0.717) is 36.9 Å². The molecule has 0 radical (unpaired) electrons. The lowest BCUT2D eigenvalue weighted by Gasteiger charge is -2.37. The first kappa shape index (κ1) is 25.0. The van der Waals surface area contributed by atoms with Crippen molar-refractivity contribution in [2.45, 2.75) is 65.5 Å². The van der Waals surface area contributed by atoms with Crippen LogP contribution in [-0.4, -0.2) is 66.7 Å². The van der Waals surface area contributed by atoms with Crippen LogP contribution < -0.4 is 10.1 Å². The van der Waals surface area contributed by atoms with E-state index in [0.717, 1.165) is 25.9 Å². The van der Waals surface area contributed by atoms with E-state index in [2.05, 4.69) is 10.2 Å². The average molecular weight is 434 g/mol. The van der Waals surface area contributed by atoms with E-state index in [1.54, 1.807) is 7.11 Å². The van der Waals surface area contributed by atoms with Gasteiger partial charge in [0.1, 0.15) is 11.4 Å². The summed E-state index contributed by atoms with van der Waals surface area (Å²) in [6, 6.07) is 7.50. The molecule has 1 heterocycles. The van der Waals surface area contributed by atoms with Crippen molar-refractivity contribution in [3.63, 3.8) is 0 Å². The second-order valence-electron chi connectivity index (χ2n) is 9.53. The molecule has 7 heteroatoms. The Morgan fingerprint density at radius 2 is 1.97 bits per heavy atom. The third-order valence-electron chi connectivity index (χ3n) is 5.35. The van der Waals surface area contributed by atoms with Gasteiger partial charge in [-0.05, 0) is 72.1 Å². The van der Waals surface area contributed by atoms with Crippen LogP contribution in [0.4, 0.5) is 10.5 Å². The molecule has 2 rings (SSSR count). The van der Waals surface area contributed by atoms with Crippen LogP contribution in [0.3, 0.4) is 0 Å². The number of likely N-dealkylation sites (tertiary alicyclic amines) is 1. The van der Waals surface area contributed by atoms with Crippen LogP contribution in [0.25, 0.3) is 0 Å². The van der Waals surface area contributed by atoms with Crippen LogP contribution in [0.2, 0.25) is 0 Å². The quantitative estimate of drug-likeness (QED) is 0.659. The Kier molecular flexibility index (Phi) is 9.16. The molecule has 0 aliphatic carbocycles. The van der Waals surface area contributed by atoms with Crippen molar-refractivity contribution >= 4 is 17.7 Å². The maximum atomic E-state index is 12.6. The molecule has 2 amide bonds. The van der Waals surface area contributed by atoms with Crippen molar-refractivity contribution in [3.8, 4) is 5.75 Å². The van der Waals surface area contributed by atoms with E-state index in [1.807, 2.05) is 63.8 Å². The van der Waals surface area contributed by atoms with Crippen LogP contribution >= 0.6 is 0 Å². The number of para-hydroxylation sites is 2. The molecular weight excluding hydrogens is 394 g/mol. The second-order valence-corrected chi connectivity index (χ2v) is 9.53. The first-order valence-electron chi connectivity index (χ1n) is 11.2. The van der Waals surface area contributed by atoms with E-state index in [1.165, 1.54) is 0 Å². The third-order valence-corrected chi connectivity index (χ3v) is 5.35. The fourth-order valence-corrected chi connectivity index (χ4v) is 3.82. The van der Waals surface area contributed by atoms with Gasteiger partial charge in [0.2, 0.25) is 5.91 Å². The molecule has 0 saturated carbocycles. The van der Waals surface area contributed by atoms with Gasteiger partial charge in [-0.3, -0.25) is 4.79 Å². The first-order valence-corrected chi connectivity index (χ1v) is 11.2. The van der Waals surface area contributed by atoms with Crippen LogP contribution in [0.1, 0.15) is 53.9 Å². The number of carbonyl (C=O) groups is 2. The molecule has 1 aliphatic rings. The lowest BCUT2D eigenvalue weighted by Crippen LogP contribution is -2.47. The second kappa shape index (κ2) is 11.4. The molecule has 1 fully saturated rings. The van der Waals surface area contributed by atoms with Crippen molar-refractivity contribution in [3.05, 3.63) is 24.3 Å². The van der Waals surface area contributed by atoms with Gasteiger partial charge in [0, 0.05) is 32.1 Å². The summed E-state index contributed by atoms with van der Waals surface area (Å²) < 4.78 is 10.9. The maximum Gasteiger partial charge on any atom is 0.410 e. The summed E-state index contributed by atoms with van der Waals surface area (Å²) in [4.78, 5) is 29.2. The zero-order valence-electron chi connectivity index (χ0n) is 19.9. The molecule has 1 aromatic rings. The predicted octanol–water partition coefficient (Wildman–Crippen LogP) is 4.38. The molecular formula is C24H39N3O4. The van der Waals surface area contributed by atoms with Crippen molar-refractivity contribution in [1.29, 1.82) is 0 Å². The van der Waals surface area contributed by atoms with Gasteiger partial charge in [0.25, 0.3) is 0 Å². The number of hydrogen-bond acceptors (Lipinski definition) is 5. The zero-order valence-corrected chi connectivity index (χ0v) is 19.9. The first-order chi connectivity index (χ1) is 14.6. The molecule has 1 aromatic carbocycles. The largest absolute Gasteiger partial charge is 0.495 e. The van der Waals surface area contributed by atoms with E-state index < -0.39 is 5.60 Å². The summed E-state index contributed by atoms with van der Waals surface area (Å²) >= 11 is 0. The summed E-state index contributed by atoms with van der Waals surface area (Å²) in [5, 5.41) is 2.94. The maximum absolute atomic E-state index is 12.6. The van der Waals surface area contributed by atoms with Crippen LogP contribution in [-0.2, 0) is 9.53 Å². The van der Waals surface area contributed by atoms with Gasteiger partial charge >= 0.3 is 6.09 Å². The van der Waals surface area contributed by atoms with Crippen LogP contribution in [0.15, 0.2) is 24.3 Å². The molecule has 174 valence electrons. The summed E-state index contributed by atoms with van der Waals surface area (Å²) in [6.45, 7) is 13.0. The van der Waals surface area contributed by atoms with Crippen LogP contribution in [0.5, 0.6) is 5.75 Å². The number of methoxy groups -OCH3 is 1. The van der Waals surface area contributed by atoms with E-state index in [4.69, 9.17) is 9.47 Å². The molecule has 0 spiro atoms. The normalized spacial score (nSPS) is 17.3. The molecule has 1 unspecified atom stereocenters. The number of piperidine rings is 1. The molecule has 0 aromatic heterocycles. The Labute approximate surface area is 187 Å². The van der Waals surface area contributed by atoms with E-state index >= 15 is 0 Å². The number of anilines is 1. The zero-order chi connectivity index (χ0) is 23.0. The molecule has 0 bridgehead atoms. The highest BCUT2D eigenvalue weighted by Crippen LogP contribution is 2.24. The molecule has 31 heavy (non-hydrogen) atoms. The lowest BCUT2D eigenvalue weighted by atomic mass is 9.97. The van der Waals surface area contributed by atoms with Crippen LogP contribution in [0, 0.1) is 5.92 Å². The number of benzene rings is 1. The van der Waals surface area contributed by atoms with Gasteiger partial charge in [0.15, 0.2) is 0 Å². The highest BCUT2D eigenvalue weighted by Gasteiger charge is 2.29. The molecule has 1 N–H and O–H groups in total. The third kappa shape index (κ3) is 8.40. The summed E-state index contributed by atoms with van der Waals surface area (Å²) in [5.41, 5.74) is 0.189. The standard InChI is InChI=1S/C24H39N3O4/c1-18(2)27(23(29)31-24(3,4)5)17-19-10-9-14-26(16-19)15-13-22(28)25-20-11-7-8-12-21(20)30-6/h7-8,11-12,18-19H,9-10,13-17H2,1-6H3,(H,25,28). The number of ether oxygens (including phenoxy) is 2. The van der Waals surface area contributed by atoms with Crippen molar-refractivity contribution in [2.24, 2.45) is 5.92 Å². The summed E-state index contributed by atoms with van der Waals surface area (Å²) in [5.74, 6) is 1.01. The van der Waals surface area contributed by atoms with Crippen molar-refractivity contribution in [1.82, 2.24) is 9.80 Å². The van der Waals surface area contributed by atoms with Gasteiger partial charge in [0.05, 0.1) is 12.8 Å². The Hall–Kier alpha value is -2.28. The van der Waals surface area contributed by atoms with Crippen molar-refractivity contribution in [2.75, 3.05) is 38.6 Å². The molecule has 7 nitrogen and oxygen atoms in total. The Balaban J connectivity index is 1.85. The monoisotopic (exact) mass is 433 g/mol. The Bertz CT molecular complexity index is 730. The predicted molar refractivity (Wildman–Crippen MR) is 123 cm³/mol. The van der Waals surface area contributed by atoms with Gasteiger partial charge in [-0.2, -0.15) is 0 Å². The molecule has 1 saturated heterocycles. The number of carbonyl (C=O) groups excluding carboxylic acids is 2. The minimum atomic E-state index is -0.502. The summed E-state index contributed by atoms with van der Waals surface area (Å²) in [6.07, 6.45) is 2.32. The number of rotatable bonds is 8. The fraction of sp³-hybridized carbons (Fsp3) is 0.667. The van der Waals surface area contributed by atoms with E-state index in [-0.39, 0.29) is 18.0 Å². The minimum absolute atomic E-state index is 0.0239. The number of amides is 2. The fourth-order valence-electron chi connectivity index (χ4n) is 3.82. The molecule has 1 atom stereocenters. The topological polar surface area (TPSA) is 71.1 Å². The SMILES string of the molecule is COc1ccccc1NC(=O)CCN1CCCC(CN(C(=O)OC(C)(C)C)C(C)C)C1. The van der Waals surface area contributed by atoms with Crippen molar-refractivity contribution < 1.29 is 19.1 Å². The highest BCUT2D eigenvalue weighted by molar-refractivity contribution is 5.92. The Morgan fingerprint density at radius 3 is 2.61 bits per heavy atom. The van der Waals surface area contributed by atoms with Gasteiger partial charge in [-0.1, -0.05) is 12.1 Å². The lowest BCUT2D eigenvalue weighted by molar-refractivity contribution is -0.116. The van der Waals surface area contributed by atoms with E-state index in [9.17, 15) is 9.59 Å². The number of nitrogens with one attached hydrogen (secondary N) is 1. The van der Waals surface area contributed by atoms with Gasteiger partial charge in [-0.15, -0.1) is 0 Å². The Morgan fingerprint density at radius 1 is 1.26 bits per heavy atom. The highest BCUT2D eigenvalue weighted by atomic mass is 16.6. The number of nitrogens with zero attached hydrogens (tertiary/aromatic N) is 2. The minimum Gasteiger partial charge on any atom is -0.495 e. The summed E-state index contributed by atoms with van der Waals surface area (Å²) in [7, 11) is 1.59. The molecule has 1 aliphatic heterocycles. The number of hydrogen-bond donors (Lipinski definition) is 1. The smallest absolute Gasteiger partial charge is 0.410 e. The van der Waals surface area contributed by atoms with Gasteiger partial charge in [-0.25, -0.2) is 4.79 Å².